The Morgan fingerprint density at radius 1 is 1.48 bits per heavy atom. The lowest BCUT2D eigenvalue weighted by Crippen LogP contribution is -2.36. The third-order valence-corrected chi connectivity index (χ3v) is 2.83. The van der Waals surface area contributed by atoms with E-state index < -0.39 is 0 Å². The molecule has 5 nitrogen and oxygen atoms in total. The van der Waals surface area contributed by atoms with Gasteiger partial charge in [-0.1, -0.05) is 11.6 Å². The SMILES string of the molecule is CCOc1c(Cl)cc(/C=N\NC(=S)NC(C)C)cc1OC. The van der Waals surface area contributed by atoms with E-state index in [4.69, 9.17) is 33.3 Å². The first-order chi connectivity index (χ1) is 9.97. The minimum absolute atomic E-state index is 0.250. The van der Waals surface area contributed by atoms with Crippen LogP contribution in [0.5, 0.6) is 11.5 Å². The highest BCUT2D eigenvalue weighted by Crippen LogP contribution is 2.35. The lowest BCUT2D eigenvalue weighted by Gasteiger charge is -2.12. The van der Waals surface area contributed by atoms with Gasteiger partial charge in [-0.05, 0) is 50.7 Å². The summed E-state index contributed by atoms with van der Waals surface area (Å²) in [6.07, 6.45) is 1.61. The Hall–Kier alpha value is -1.53. The van der Waals surface area contributed by atoms with Crippen molar-refractivity contribution >= 4 is 35.1 Å². The van der Waals surface area contributed by atoms with Gasteiger partial charge in [0, 0.05) is 6.04 Å². The molecule has 0 aliphatic heterocycles. The van der Waals surface area contributed by atoms with Gasteiger partial charge in [0.05, 0.1) is 25.0 Å². The monoisotopic (exact) mass is 329 g/mol. The molecule has 0 saturated carbocycles. The highest BCUT2D eigenvalue weighted by molar-refractivity contribution is 7.80. The molecule has 116 valence electrons. The molecule has 0 aliphatic rings. The van der Waals surface area contributed by atoms with Crippen LogP contribution in [-0.2, 0) is 0 Å². The zero-order valence-electron chi connectivity index (χ0n) is 12.6. The maximum Gasteiger partial charge on any atom is 0.187 e. The first-order valence-corrected chi connectivity index (χ1v) is 7.36. The number of methoxy groups -OCH3 is 1. The number of halogens is 1. The topological polar surface area (TPSA) is 54.9 Å². The summed E-state index contributed by atoms with van der Waals surface area (Å²) in [4.78, 5) is 0. The normalized spacial score (nSPS) is 10.8. The average molecular weight is 330 g/mol. The summed E-state index contributed by atoms with van der Waals surface area (Å²) in [5.41, 5.74) is 3.51. The average Bonchev–Trinajstić information content (AvgIpc) is 2.40. The van der Waals surface area contributed by atoms with E-state index in [2.05, 4.69) is 15.8 Å². The number of hydrogen-bond acceptors (Lipinski definition) is 4. The molecule has 0 fully saturated rings. The second kappa shape index (κ2) is 8.69. The predicted octanol–water partition coefficient (Wildman–Crippen LogP) is 2.95. The van der Waals surface area contributed by atoms with E-state index in [1.165, 1.54) is 0 Å². The number of thiocarbonyl (C=S) groups is 1. The maximum atomic E-state index is 6.18. The van der Waals surface area contributed by atoms with Crippen LogP contribution >= 0.6 is 23.8 Å². The fourth-order valence-corrected chi connectivity index (χ4v) is 2.12. The van der Waals surface area contributed by atoms with Crippen LogP contribution in [0, 0.1) is 0 Å². The minimum atomic E-state index is 0.250. The number of ether oxygens (including phenoxy) is 2. The van der Waals surface area contributed by atoms with Gasteiger partial charge in [-0.2, -0.15) is 5.10 Å². The molecule has 2 N–H and O–H groups in total. The summed E-state index contributed by atoms with van der Waals surface area (Å²) in [5, 5.41) is 8.01. The lowest BCUT2D eigenvalue weighted by molar-refractivity contribution is 0.311. The molecule has 0 bridgehead atoms. The van der Waals surface area contributed by atoms with Gasteiger partial charge in [0.15, 0.2) is 16.6 Å². The summed E-state index contributed by atoms with van der Waals surface area (Å²) in [7, 11) is 1.56. The van der Waals surface area contributed by atoms with Crippen molar-refractivity contribution in [1.82, 2.24) is 10.7 Å². The summed E-state index contributed by atoms with van der Waals surface area (Å²) >= 11 is 11.2. The number of nitrogens with zero attached hydrogens (tertiary/aromatic N) is 1. The Morgan fingerprint density at radius 2 is 2.19 bits per heavy atom. The van der Waals surface area contributed by atoms with Gasteiger partial charge in [-0.15, -0.1) is 0 Å². The van der Waals surface area contributed by atoms with E-state index in [-0.39, 0.29) is 6.04 Å². The lowest BCUT2D eigenvalue weighted by atomic mass is 10.2. The molecule has 0 aromatic heterocycles. The molecular formula is C14H20ClN3O2S. The molecule has 0 spiro atoms. The van der Waals surface area contributed by atoms with Gasteiger partial charge in [0.1, 0.15) is 0 Å². The predicted molar refractivity (Wildman–Crippen MR) is 90.8 cm³/mol. The molecule has 0 amide bonds. The Kier molecular flexibility index (Phi) is 7.25. The molecule has 1 rings (SSSR count). The van der Waals surface area contributed by atoms with Crippen molar-refractivity contribution in [3.8, 4) is 11.5 Å². The molecular weight excluding hydrogens is 310 g/mol. The molecule has 21 heavy (non-hydrogen) atoms. The van der Waals surface area contributed by atoms with Crippen LogP contribution in [0.3, 0.4) is 0 Å². The quantitative estimate of drug-likeness (QED) is 0.477. The van der Waals surface area contributed by atoms with Gasteiger partial charge in [-0.25, -0.2) is 0 Å². The fourth-order valence-electron chi connectivity index (χ4n) is 1.56. The molecule has 0 radical (unpaired) electrons. The zero-order chi connectivity index (χ0) is 15.8. The van der Waals surface area contributed by atoms with Crippen molar-refractivity contribution in [3.63, 3.8) is 0 Å². The third kappa shape index (κ3) is 5.77. The van der Waals surface area contributed by atoms with Crippen LogP contribution in [0.15, 0.2) is 17.2 Å². The van der Waals surface area contributed by atoms with Crippen molar-refractivity contribution in [2.24, 2.45) is 5.10 Å². The van der Waals surface area contributed by atoms with Crippen LogP contribution in [0.1, 0.15) is 26.3 Å². The molecule has 1 aromatic rings. The van der Waals surface area contributed by atoms with Crippen LogP contribution in [-0.4, -0.2) is 31.1 Å². The summed E-state index contributed by atoms with van der Waals surface area (Å²) < 4.78 is 10.7. The molecule has 0 atom stereocenters. The van der Waals surface area contributed by atoms with Crippen molar-refractivity contribution in [2.75, 3.05) is 13.7 Å². The van der Waals surface area contributed by atoms with E-state index >= 15 is 0 Å². The second-order valence-electron chi connectivity index (χ2n) is 4.47. The van der Waals surface area contributed by atoms with Gasteiger partial charge in [0.25, 0.3) is 0 Å². The van der Waals surface area contributed by atoms with E-state index in [0.717, 1.165) is 5.56 Å². The van der Waals surface area contributed by atoms with Crippen molar-refractivity contribution in [2.45, 2.75) is 26.8 Å². The van der Waals surface area contributed by atoms with Crippen molar-refractivity contribution in [3.05, 3.63) is 22.7 Å². The van der Waals surface area contributed by atoms with Crippen LogP contribution < -0.4 is 20.2 Å². The van der Waals surface area contributed by atoms with E-state index in [1.807, 2.05) is 20.8 Å². The Labute approximate surface area is 135 Å². The van der Waals surface area contributed by atoms with Crippen molar-refractivity contribution in [1.29, 1.82) is 0 Å². The highest BCUT2D eigenvalue weighted by atomic mass is 35.5. The van der Waals surface area contributed by atoms with E-state index in [0.29, 0.717) is 28.2 Å². The Bertz CT molecular complexity index is 521. The first kappa shape index (κ1) is 17.5. The summed E-state index contributed by atoms with van der Waals surface area (Å²) in [5.74, 6) is 1.09. The zero-order valence-corrected chi connectivity index (χ0v) is 14.1. The molecule has 0 unspecified atom stereocenters. The maximum absolute atomic E-state index is 6.18. The number of rotatable bonds is 6. The third-order valence-electron chi connectivity index (χ3n) is 2.34. The smallest absolute Gasteiger partial charge is 0.187 e. The Balaban J connectivity index is 2.80. The fraction of sp³-hybridized carbons (Fsp3) is 0.429. The van der Waals surface area contributed by atoms with Gasteiger partial charge in [-0.3, -0.25) is 5.43 Å². The first-order valence-electron chi connectivity index (χ1n) is 6.57. The number of nitrogens with one attached hydrogen (secondary N) is 2. The summed E-state index contributed by atoms with van der Waals surface area (Å²) in [6, 6.07) is 3.79. The number of benzene rings is 1. The van der Waals surface area contributed by atoms with E-state index in [1.54, 1.807) is 25.5 Å². The molecule has 0 heterocycles. The molecule has 1 aromatic carbocycles. The minimum Gasteiger partial charge on any atom is -0.493 e. The van der Waals surface area contributed by atoms with Crippen molar-refractivity contribution < 1.29 is 9.47 Å². The molecule has 7 heteroatoms. The highest BCUT2D eigenvalue weighted by Gasteiger charge is 2.10. The largest absolute Gasteiger partial charge is 0.493 e. The number of hydrazone groups is 1. The standard InChI is InChI=1S/C14H20ClN3O2S/c1-5-20-13-11(15)6-10(7-12(13)19-4)8-16-18-14(21)17-9(2)3/h6-9H,5H2,1-4H3,(H2,17,18,21)/b16-8-. The van der Waals surface area contributed by atoms with Gasteiger partial charge >= 0.3 is 0 Å². The number of hydrogen-bond donors (Lipinski definition) is 2. The van der Waals surface area contributed by atoms with Gasteiger partial charge < -0.3 is 14.8 Å². The molecule has 0 saturated heterocycles. The van der Waals surface area contributed by atoms with Crippen LogP contribution in [0.4, 0.5) is 0 Å². The van der Waals surface area contributed by atoms with Gasteiger partial charge in [0.2, 0.25) is 0 Å². The molecule has 0 aliphatic carbocycles. The van der Waals surface area contributed by atoms with Crippen LogP contribution in [0.2, 0.25) is 5.02 Å². The Morgan fingerprint density at radius 3 is 2.76 bits per heavy atom. The van der Waals surface area contributed by atoms with Crippen LogP contribution in [0.25, 0.3) is 0 Å². The summed E-state index contributed by atoms with van der Waals surface area (Å²) in [6.45, 7) is 6.39. The second-order valence-corrected chi connectivity index (χ2v) is 5.28. The van der Waals surface area contributed by atoms with E-state index in [9.17, 15) is 0 Å².